The number of rotatable bonds is 8. The van der Waals surface area contributed by atoms with Crippen LogP contribution >= 0.6 is 0 Å². The molecule has 1 heterocycles. The topological polar surface area (TPSA) is 16.4 Å². The highest BCUT2D eigenvalue weighted by Gasteiger charge is 2.47. The van der Waals surface area contributed by atoms with Crippen LogP contribution in [0.2, 0.25) is 0 Å². The summed E-state index contributed by atoms with van der Waals surface area (Å²) in [7, 11) is 0. The zero-order valence-corrected chi connectivity index (χ0v) is 38.8. The minimum Gasteiger partial charge on any atom is -0.455 e. The maximum Gasteiger partial charge on any atom is 0.143 e. The van der Waals surface area contributed by atoms with E-state index in [0.29, 0.717) is 0 Å². The lowest BCUT2D eigenvalue weighted by molar-refractivity contribution is 0.636. The van der Waals surface area contributed by atoms with Gasteiger partial charge in [0.2, 0.25) is 0 Å². The molecule has 71 heavy (non-hydrogen) atoms. The highest BCUT2D eigenvalue weighted by molar-refractivity contribution is 6.28. The molecular weight excluding hydrogens is 859 g/mol. The van der Waals surface area contributed by atoms with Gasteiger partial charge >= 0.3 is 0 Å². The second kappa shape index (κ2) is 16.5. The molecule has 14 rings (SSSR count). The minimum absolute atomic E-state index is 0.540. The summed E-state index contributed by atoms with van der Waals surface area (Å²) in [6, 6.07) is 99.6. The van der Waals surface area contributed by atoms with Gasteiger partial charge in [-0.15, -0.1) is 0 Å². The Morgan fingerprint density at radius 3 is 1.49 bits per heavy atom. The molecule has 0 amide bonds. The summed E-state index contributed by atoms with van der Waals surface area (Å²) >= 11 is 0. The van der Waals surface area contributed by atoms with Gasteiger partial charge in [-0.1, -0.05) is 243 Å². The molecule has 1 aliphatic carbocycles. The quantitative estimate of drug-likeness (QED) is 0.141. The molecule has 12 aromatic carbocycles. The first-order valence-electron chi connectivity index (χ1n) is 24.5. The van der Waals surface area contributed by atoms with Crippen molar-refractivity contribution in [2.45, 2.75) is 5.41 Å². The second-order valence-corrected chi connectivity index (χ2v) is 18.7. The van der Waals surface area contributed by atoms with Crippen LogP contribution in [0.3, 0.4) is 0 Å². The summed E-state index contributed by atoms with van der Waals surface area (Å²) in [6.07, 6.45) is 0. The average Bonchev–Trinajstić information content (AvgIpc) is 4.00. The fraction of sp³-hybridized carbons (Fsp3) is 0.0145. The molecule has 2 heteroatoms. The van der Waals surface area contributed by atoms with Crippen LogP contribution in [0, 0.1) is 0 Å². The molecule has 2 nitrogen and oxygen atoms in total. The van der Waals surface area contributed by atoms with Gasteiger partial charge in [-0.2, -0.15) is 0 Å². The molecule has 0 saturated heterocycles. The number of benzene rings is 12. The highest BCUT2D eigenvalue weighted by atomic mass is 16.3. The van der Waals surface area contributed by atoms with E-state index in [1.807, 2.05) is 0 Å². The Morgan fingerprint density at radius 1 is 0.310 bits per heavy atom. The van der Waals surface area contributed by atoms with Crippen molar-refractivity contribution in [2.75, 3.05) is 4.90 Å². The van der Waals surface area contributed by atoms with E-state index in [0.717, 1.165) is 55.9 Å². The number of hydrogen-bond acceptors (Lipinski definition) is 2. The van der Waals surface area contributed by atoms with Gasteiger partial charge in [0.15, 0.2) is 0 Å². The molecule has 0 N–H and O–H groups in total. The zero-order chi connectivity index (χ0) is 46.9. The molecule has 0 aliphatic heterocycles. The van der Waals surface area contributed by atoms with Gasteiger partial charge in [-0.05, 0) is 102 Å². The SMILES string of the molecule is c1ccc(-c2oc3c4ccccc4c4ccccc4c3c2-c2ccc(N(c3ccc(-c4cccc5ccccc45)cc3)c3cccc4c3-c3ccccc3C4(c3ccccc3)c3ccccc3)cc2)cc1. The summed E-state index contributed by atoms with van der Waals surface area (Å²) in [5.74, 6) is 0.867. The molecule has 0 radical (unpaired) electrons. The molecule has 0 unspecified atom stereocenters. The zero-order valence-electron chi connectivity index (χ0n) is 38.8. The first-order chi connectivity index (χ1) is 35.3. The third-order valence-corrected chi connectivity index (χ3v) is 14.9. The lowest BCUT2D eigenvalue weighted by Gasteiger charge is -2.34. The Bertz CT molecular complexity index is 4090. The van der Waals surface area contributed by atoms with Gasteiger partial charge in [0, 0.05) is 38.8 Å². The van der Waals surface area contributed by atoms with Crippen molar-refractivity contribution in [3.05, 3.63) is 295 Å². The van der Waals surface area contributed by atoms with Crippen LogP contribution in [0.5, 0.6) is 0 Å². The van der Waals surface area contributed by atoms with E-state index in [2.05, 4.69) is 278 Å². The van der Waals surface area contributed by atoms with Crippen molar-refractivity contribution in [1.29, 1.82) is 0 Å². The minimum atomic E-state index is -0.540. The van der Waals surface area contributed by atoms with Gasteiger partial charge < -0.3 is 9.32 Å². The average molecular weight is 904 g/mol. The Balaban J connectivity index is 1.01. The number of anilines is 3. The smallest absolute Gasteiger partial charge is 0.143 e. The molecular formula is C69H45NO. The highest BCUT2D eigenvalue weighted by Crippen LogP contribution is 2.60. The Kier molecular flexibility index (Phi) is 9.47. The van der Waals surface area contributed by atoms with E-state index in [-0.39, 0.29) is 0 Å². The number of hydrogen-bond donors (Lipinski definition) is 0. The normalized spacial score (nSPS) is 12.6. The summed E-state index contributed by atoms with van der Waals surface area (Å²) in [4.78, 5) is 2.47. The molecule has 1 aromatic heterocycles. The molecule has 0 fully saturated rings. The lowest BCUT2D eigenvalue weighted by Crippen LogP contribution is -2.28. The van der Waals surface area contributed by atoms with Crippen LogP contribution in [0.25, 0.3) is 88.0 Å². The van der Waals surface area contributed by atoms with E-state index >= 15 is 0 Å². The molecule has 332 valence electrons. The first-order valence-corrected chi connectivity index (χ1v) is 24.5. The van der Waals surface area contributed by atoms with Gasteiger partial charge in [0.05, 0.1) is 11.1 Å². The van der Waals surface area contributed by atoms with E-state index < -0.39 is 5.41 Å². The fourth-order valence-corrected chi connectivity index (χ4v) is 11.9. The third kappa shape index (κ3) is 6.28. The van der Waals surface area contributed by atoms with Crippen molar-refractivity contribution < 1.29 is 4.42 Å². The van der Waals surface area contributed by atoms with Crippen molar-refractivity contribution in [1.82, 2.24) is 0 Å². The molecule has 0 spiro atoms. The summed E-state index contributed by atoms with van der Waals surface area (Å²) < 4.78 is 7.12. The maximum atomic E-state index is 7.12. The molecule has 0 bridgehead atoms. The van der Waals surface area contributed by atoms with E-state index in [9.17, 15) is 0 Å². The first kappa shape index (κ1) is 40.8. The number of nitrogens with zero attached hydrogens (tertiary/aromatic N) is 1. The van der Waals surface area contributed by atoms with Gasteiger partial charge in [-0.25, -0.2) is 0 Å². The van der Waals surface area contributed by atoms with Crippen LogP contribution < -0.4 is 4.90 Å². The Hall–Kier alpha value is -9.24. The number of furan rings is 1. The van der Waals surface area contributed by atoms with Crippen molar-refractivity contribution in [3.8, 4) is 44.7 Å². The number of fused-ring (bicyclic) bond motifs is 10. The van der Waals surface area contributed by atoms with Crippen LogP contribution in [0.1, 0.15) is 22.3 Å². The van der Waals surface area contributed by atoms with Crippen LogP contribution in [0.4, 0.5) is 17.1 Å². The summed E-state index contributed by atoms with van der Waals surface area (Å²) in [6.45, 7) is 0. The van der Waals surface area contributed by atoms with Gasteiger partial charge in [-0.3, -0.25) is 0 Å². The van der Waals surface area contributed by atoms with Crippen LogP contribution in [-0.2, 0) is 5.41 Å². The van der Waals surface area contributed by atoms with Crippen molar-refractivity contribution >= 4 is 60.3 Å². The molecule has 0 saturated carbocycles. The fourth-order valence-electron chi connectivity index (χ4n) is 11.9. The molecule has 1 aliphatic rings. The van der Waals surface area contributed by atoms with E-state index in [1.54, 1.807) is 0 Å². The predicted molar refractivity (Wildman–Crippen MR) is 297 cm³/mol. The Morgan fingerprint density at radius 2 is 0.803 bits per heavy atom. The molecule has 0 atom stereocenters. The largest absolute Gasteiger partial charge is 0.455 e. The van der Waals surface area contributed by atoms with Crippen LogP contribution in [0.15, 0.2) is 277 Å². The predicted octanol–water partition coefficient (Wildman–Crippen LogP) is 18.7. The van der Waals surface area contributed by atoms with E-state index in [4.69, 9.17) is 4.42 Å². The van der Waals surface area contributed by atoms with Gasteiger partial charge in [0.1, 0.15) is 11.3 Å². The Labute approximate surface area is 413 Å². The van der Waals surface area contributed by atoms with E-state index in [1.165, 1.54) is 71.4 Å². The van der Waals surface area contributed by atoms with Crippen molar-refractivity contribution in [2.24, 2.45) is 0 Å². The second-order valence-electron chi connectivity index (χ2n) is 18.7. The third-order valence-electron chi connectivity index (χ3n) is 14.9. The summed E-state index contributed by atoms with van der Waals surface area (Å²) in [5, 5.41) is 8.30. The monoisotopic (exact) mass is 903 g/mol. The molecule has 13 aromatic rings. The standard InChI is InChI=1S/C69H45NO/c1-4-21-49(22-5-1)67-64(66-58-31-14-12-29-56(58)57-30-13-15-32-59(57)68(66)71-67)48-40-44-53(45-41-48)70(52-42-38-47(39-43-52)55-34-18-23-46-20-10-11-28-54(46)55)63-37-19-36-62-65(63)60-33-16-17-35-61(60)69(62,50-24-6-2-7-25-50)51-26-8-3-9-27-51/h1-45H. The lowest BCUT2D eigenvalue weighted by atomic mass is 9.68. The van der Waals surface area contributed by atoms with Gasteiger partial charge in [0.25, 0.3) is 0 Å². The van der Waals surface area contributed by atoms with Crippen molar-refractivity contribution in [3.63, 3.8) is 0 Å². The van der Waals surface area contributed by atoms with Crippen LogP contribution in [-0.4, -0.2) is 0 Å². The summed E-state index contributed by atoms with van der Waals surface area (Å²) in [5.41, 5.74) is 16.7. The maximum absolute atomic E-state index is 7.12.